The first-order chi connectivity index (χ1) is 6.70. The highest BCUT2D eigenvalue weighted by atomic mass is 32.2. The van der Waals surface area contributed by atoms with Gasteiger partial charge >= 0.3 is 0 Å². The lowest BCUT2D eigenvalue weighted by Gasteiger charge is -2.27. The highest BCUT2D eigenvalue weighted by molar-refractivity contribution is 7.98. The summed E-state index contributed by atoms with van der Waals surface area (Å²) in [4.78, 5) is 13.5. The minimum Gasteiger partial charge on any atom is -0.341 e. The third-order valence-electron chi connectivity index (χ3n) is 2.82. The van der Waals surface area contributed by atoms with Gasteiger partial charge in [-0.3, -0.25) is 4.79 Å². The molecule has 1 amide bonds. The average molecular weight is 216 g/mol. The lowest BCUT2D eigenvalue weighted by Crippen LogP contribution is -2.43. The number of nitrogens with two attached hydrogens (primary N) is 1. The van der Waals surface area contributed by atoms with Crippen molar-refractivity contribution >= 4 is 17.7 Å². The van der Waals surface area contributed by atoms with E-state index in [0.29, 0.717) is 18.9 Å². The van der Waals surface area contributed by atoms with E-state index in [1.807, 2.05) is 18.2 Å². The summed E-state index contributed by atoms with van der Waals surface area (Å²) in [5, 5.41) is 0. The van der Waals surface area contributed by atoms with Gasteiger partial charge in [0.2, 0.25) is 5.91 Å². The minimum atomic E-state index is 0.238. The first-order valence-electron chi connectivity index (χ1n) is 5.15. The van der Waals surface area contributed by atoms with Crippen LogP contribution in [0.2, 0.25) is 0 Å². The molecule has 0 bridgehead atoms. The number of thioether (sulfide) groups is 1. The zero-order chi connectivity index (χ0) is 10.6. The topological polar surface area (TPSA) is 46.3 Å². The quantitative estimate of drug-likeness (QED) is 0.718. The summed E-state index contributed by atoms with van der Waals surface area (Å²) in [7, 11) is 1.89. The summed E-state index contributed by atoms with van der Waals surface area (Å²) in [5.74, 6) is 1.82. The van der Waals surface area contributed by atoms with Gasteiger partial charge < -0.3 is 10.6 Å². The van der Waals surface area contributed by atoms with E-state index >= 15 is 0 Å². The minimum absolute atomic E-state index is 0.238. The molecule has 1 rings (SSSR count). The molecule has 0 aromatic heterocycles. The summed E-state index contributed by atoms with van der Waals surface area (Å²) in [6.07, 6.45) is 5.14. The maximum absolute atomic E-state index is 11.7. The van der Waals surface area contributed by atoms with E-state index in [0.717, 1.165) is 5.75 Å². The highest BCUT2D eigenvalue weighted by Crippen LogP contribution is 2.34. The fraction of sp³-hybridized carbons (Fsp3) is 0.900. The number of carbonyl (C=O) groups is 1. The number of nitrogens with zero attached hydrogens (tertiary/aromatic N) is 1. The van der Waals surface area contributed by atoms with Crippen LogP contribution < -0.4 is 5.73 Å². The van der Waals surface area contributed by atoms with Crippen molar-refractivity contribution in [3.63, 3.8) is 0 Å². The molecule has 14 heavy (non-hydrogen) atoms. The Kier molecular flexibility index (Phi) is 4.75. The van der Waals surface area contributed by atoms with Gasteiger partial charge in [0.15, 0.2) is 0 Å². The van der Waals surface area contributed by atoms with Crippen LogP contribution in [0.3, 0.4) is 0 Å². The van der Waals surface area contributed by atoms with Crippen molar-refractivity contribution < 1.29 is 4.79 Å². The molecule has 0 aliphatic heterocycles. The second kappa shape index (κ2) is 5.61. The summed E-state index contributed by atoms with van der Waals surface area (Å²) < 4.78 is 0. The van der Waals surface area contributed by atoms with Gasteiger partial charge in [-0.25, -0.2) is 0 Å². The van der Waals surface area contributed by atoms with Crippen molar-refractivity contribution in [1.29, 1.82) is 0 Å². The van der Waals surface area contributed by atoms with Crippen molar-refractivity contribution in [3.8, 4) is 0 Å². The normalized spacial score (nSPS) is 17.9. The molecule has 0 radical (unpaired) electrons. The number of rotatable bonds is 6. The molecule has 0 spiro atoms. The number of likely N-dealkylation sites (N-methyl/N-ethyl adjacent to an activating group) is 1. The standard InChI is InChI=1S/C10H20N2OS/c1-12(10(13)5-6-14-2)9(7-11)8-3-4-8/h8-9H,3-7,11H2,1-2H3. The van der Waals surface area contributed by atoms with E-state index in [1.54, 1.807) is 11.8 Å². The van der Waals surface area contributed by atoms with Crippen LogP contribution in [0.4, 0.5) is 0 Å². The molecule has 1 atom stereocenters. The van der Waals surface area contributed by atoms with Gasteiger partial charge in [0.05, 0.1) is 0 Å². The second-order valence-electron chi connectivity index (χ2n) is 3.89. The SMILES string of the molecule is CSCCC(=O)N(C)C(CN)C1CC1. The van der Waals surface area contributed by atoms with Crippen LogP contribution in [-0.4, -0.2) is 42.4 Å². The van der Waals surface area contributed by atoms with Crippen molar-refractivity contribution in [1.82, 2.24) is 4.90 Å². The Morgan fingerprint density at radius 3 is 2.71 bits per heavy atom. The smallest absolute Gasteiger partial charge is 0.223 e. The maximum atomic E-state index is 11.7. The largest absolute Gasteiger partial charge is 0.341 e. The van der Waals surface area contributed by atoms with Crippen LogP contribution in [0, 0.1) is 5.92 Å². The van der Waals surface area contributed by atoms with Crippen LogP contribution in [0.1, 0.15) is 19.3 Å². The average Bonchev–Trinajstić information content (AvgIpc) is 2.99. The van der Waals surface area contributed by atoms with Gasteiger partial charge in [-0.15, -0.1) is 0 Å². The summed E-state index contributed by atoms with van der Waals surface area (Å²) >= 11 is 1.71. The van der Waals surface area contributed by atoms with Crippen molar-refractivity contribution in [2.24, 2.45) is 11.7 Å². The van der Waals surface area contributed by atoms with E-state index < -0.39 is 0 Å². The van der Waals surface area contributed by atoms with Crippen molar-refractivity contribution in [2.75, 3.05) is 25.6 Å². The first kappa shape index (κ1) is 11.9. The molecule has 1 fully saturated rings. The zero-order valence-electron chi connectivity index (χ0n) is 9.03. The molecule has 2 N–H and O–H groups in total. The Balaban J connectivity index is 2.36. The Bertz CT molecular complexity index is 195. The predicted octanol–water partition coefficient (Wildman–Crippen LogP) is 0.935. The number of hydrogen-bond acceptors (Lipinski definition) is 3. The summed E-state index contributed by atoms with van der Waals surface area (Å²) in [6.45, 7) is 0.603. The van der Waals surface area contributed by atoms with Crippen molar-refractivity contribution in [2.45, 2.75) is 25.3 Å². The molecule has 3 nitrogen and oxygen atoms in total. The molecule has 0 aromatic rings. The van der Waals surface area contributed by atoms with Crippen molar-refractivity contribution in [3.05, 3.63) is 0 Å². The molecular weight excluding hydrogens is 196 g/mol. The first-order valence-corrected chi connectivity index (χ1v) is 6.54. The molecule has 0 aromatic carbocycles. The monoisotopic (exact) mass is 216 g/mol. The van der Waals surface area contributed by atoms with Gasteiger partial charge in [-0.05, 0) is 25.0 Å². The molecule has 1 aliphatic rings. The van der Waals surface area contributed by atoms with Gasteiger partial charge in [0.25, 0.3) is 0 Å². The van der Waals surface area contributed by atoms with Crippen LogP contribution >= 0.6 is 11.8 Å². The van der Waals surface area contributed by atoms with Gasteiger partial charge in [0, 0.05) is 31.8 Å². The Morgan fingerprint density at radius 1 is 1.64 bits per heavy atom. The Morgan fingerprint density at radius 2 is 2.29 bits per heavy atom. The molecule has 0 saturated heterocycles. The van der Waals surface area contributed by atoms with Crippen LogP contribution in [0.25, 0.3) is 0 Å². The molecule has 82 valence electrons. The van der Waals surface area contributed by atoms with E-state index in [-0.39, 0.29) is 11.9 Å². The summed E-state index contributed by atoms with van der Waals surface area (Å²) in [5.41, 5.74) is 5.68. The van der Waals surface area contributed by atoms with E-state index in [9.17, 15) is 4.79 Å². The lowest BCUT2D eigenvalue weighted by atomic mass is 10.1. The number of hydrogen-bond donors (Lipinski definition) is 1. The molecule has 1 aliphatic carbocycles. The lowest BCUT2D eigenvalue weighted by molar-refractivity contribution is -0.131. The number of amides is 1. The van der Waals surface area contributed by atoms with Crippen LogP contribution in [0.5, 0.6) is 0 Å². The van der Waals surface area contributed by atoms with Gasteiger partial charge in [-0.1, -0.05) is 0 Å². The third kappa shape index (κ3) is 3.17. The molecule has 1 unspecified atom stereocenters. The van der Waals surface area contributed by atoms with Gasteiger partial charge in [-0.2, -0.15) is 11.8 Å². The summed E-state index contributed by atoms with van der Waals surface area (Å²) in [6, 6.07) is 0.282. The fourth-order valence-corrected chi connectivity index (χ4v) is 2.08. The van der Waals surface area contributed by atoms with Crippen LogP contribution in [-0.2, 0) is 4.79 Å². The fourth-order valence-electron chi connectivity index (χ4n) is 1.70. The van der Waals surface area contributed by atoms with Gasteiger partial charge in [0.1, 0.15) is 0 Å². The Hall–Kier alpha value is -0.220. The molecule has 4 heteroatoms. The predicted molar refractivity (Wildman–Crippen MR) is 61.3 cm³/mol. The molecule has 1 saturated carbocycles. The Labute approximate surface area is 90.4 Å². The van der Waals surface area contributed by atoms with E-state index in [1.165, 1.54) is 12.8 Å². The van der Waals surface area contributed by atoms with E-state index in [4.69, 9.17) is 5.73 Å². The molecule has 0 heterocycles. The van der Waals surface area contributed by atoms with Crippen LogP contribution in [0.15, 0.2) is 0 Å². The number of carbonyl (C=O) groups excluding carboxylic acids is 1. The highest BCUT2D eigenvalue weighted by Gasteiger charge is 2.34. The zero-order valence-corrected chi connectivity index (χ0v) is 9.85. The van der Waals surface area contributed by atoms with E-state index in [2.05, 4.69) is 0 Å². The third-order valence-corrected chi connectivity index (χ3v) is 3.43. The molecular formula is C10H20N2OS. The second-order valence-corrected chi connectivity index (χ2v) is 4.87. The maximum Gasteiger partial charge on any atom is 0.223 e.